The number of rotatable bonds is 7. The molecule has 1 rings (SSSR count). The summed E-state index contributed by atoms with van der Waals surface area (Å²) in [4.78, 5) is 0.246. The predicted molar refractivity (Wildman–Crippen MR) is 84.6 cm³/mol. The summed E-state index contributed by atoms with van der Waals surface area (Å²) in [5.74, 6) is 0.344. The van der Waals surface area contributed by atoms with Gasteiger partial charge in [0.1, 0.15) is 0 Å². The SMILES string of the molecule is CCN(C(C)COC)S(=O)(=O)c1ccc(CCl)cc1Br. The molecule has 1 aromatic carbocycles. The van der Waals surface area contributed by atoms with Crippen LogP contribution in [0.25, 0.3) is 0 Å². The minimum atomic E-state index is -3.56. The molecule has 114 valence electrons. The first-order valence-electron chi connectivity index (χ1n) is 6.23. The summed E-state index contributed by atoms with van der Waals surface area (Å²) >= 11 is 9.06. The van der Waals surface area contributed by atoms with Crippen molar-refractivity contribution in [2.45, 2.75) is 30.7 Å². The van der Waals surface area contributed by atoms with E-state index in [2.05, 4.69) is 15.9 Å². The van der Waals surface area contributed by atoms with Crippen molar-refractivity contribution in [3.05, 3.63) is 28.2 Å². The molecule has 0 bridgehead atoms. The van der Waals surface area contributed by atoms with Crippen LogP contribution in [0.2, 0.25) is 0 Å². The largest absolute Gasteiger partial charge is 0.383 e. The van der Waals surface area contributed by atoms with Crippen molar-refractivity contribution in [3.63, 3.8) is 0 Å². The lowest BCUT2D eigenvalue weighted by molar-refractivity contribution is 0.142. The third-order valence-corrected chi connectivity index (χ3v) is 6.32. The summed E-state index contributed by atoms with van der Waals surface area (Å²) in [6, 6.07) is 4.81. The van der Waals surface area contributed by atoms with Gasteiger partial charge < -0.3 is 4.74 Å². The van der Waals surface area contributed by atoms with Crippen LogP contribution in [0, 0.1) is 0 Å². The van der Waals surface area contributed by atoms with Crippen LogP contribution in [0.4, 0.5) is 0 Å². The molecular weight excluding hydrogens is 366 g/mol. The van der Waals surface area contributed by atoms with E-state index in [1.807, 2.05) is 13.8 Å². The summed E-state index contributed by atoms with van der Waals surface area (Å²) in [6.45, 7) is 4.37. The molecule has 0 spiro atoms. The smallest absolute Gasteiger partial charge is 0.244 e. The first kappa shape index (κ1) is 17.9. The molecule has 20 heavy (non-hydrogen) atoms. The first-order chi connectivity index (χ1) is 9.38. The van der Waals surface area contributed by atoms with Gasteiger partial charge in [-0.2, -0.15) is 4.31 Å². The van der Waals surface area contributed by atoms with Crippen molar-refractivity contribution in [1.29, 1.82) is 0 Å². The van der Waals surface area contributed by atoms with Crippen LogP contribution in [-0.4, -0.2) is 39.0 Å². The fourth-order valence-corrected chi connectivity index (χ4v) is 4.88. The van der Waals surface area contributed by atoms with E-state index in [0.29, 0.717) is 23.5 Å². The molecule has 0 heterocycles. The van der Waals surface area contributed by atoms with Crippen LogP contribution < -0.4 is 0 Å². The summed E-state index contributed by atoms with van der Waals surface area (Å²) in [7, 11) is -2.01. The van der Waals surface area contributed by atoms with E-state index in [4.69, 9.17) is 16.3 Å². The topological polar surface area (TPSA) is 46.6 Å². The number of methoxy groups -OCH3 is 1. The van der Waals surface area contributed by atoms with E-state index >= 15 is 0 Å². The molecule has 0 fully saturated rings. The maximum Gasteiger partial charge on any atom is 0.244 e. The number of hydrogen-bond donors (Lipinski definition) is 0. The molecule has 0 amide bonds. The highest BCUT2D eigenvalue weighted by Gasteiger charge is 2.29. The van der Waals surface area contributed by atoms with Gasteiger partial charge in [-0.1, -0.05) is 13.0 Å². The lowest BCUT2D eigenvalue weighted by atomic mass is 10.2. The van der Waals surface area contributed by atoms with Crippen molar-refractivity contribution < 1.29 is 13.2 Å². The standard InChI is InChI=1S/C13H19BrClNO3S/c1-4-16(10(2)9-19-3)20(17,18)13-6-5-11(8-15)7-12(13)14/h5-7,10H,4,8-9H2,1-3H3. The molecule has 4 nitrogen and oxygen atoms in total. The number of hydrogen-bond acceptors (Lipinski definition) is 3. The first-order valence-corrected chi connectivity index (χ1v) is 9.00. The predicted octanol–water partition coefficient (Wildman–Crippen LogP) is 3.23. The van der Waals surface area contributed by atoms with Crippen LogP contribution in [0.1, 0.15) is 19.4 Å². The van der Waals surface area contributed by atoms with E-state index < -0.39 is 10.0 Å². The van der Waals surface area contributed by atoms with Crippen molar-refractivity contribution >= 4 is 37.6 Å². The van der Waals surface area contributed by atoms with Gasteiger partial charge in [0.05, 0.1) is 11.5 Å². The number of nitrogens with zero attached hydrogens (tertiary/aromatic N) is 1. The number of ether oxygens (including phenoxy) is 1. The van der Waals surface area contributed by atoms with E-state index in [1.54, 1.807) is 25.3 Å². The number of alkyl halides is 1. The Bertz CT molecular complexity index is 551. The normalized spacial score (nSPS) is 13.7. The van der Waals surface area contributed by atoms with Gasteiger partial charge in [-0.05, 0) is 40.5 Å². The summed E-state index contributed by atoms with van der Waals surface area (Å²) < 4.78 is 32.4. The van der Waals surface area contributed by atoms with Crippen LogP contribution >= 0.6 is 27.5 Å². The van der Waals surface area contributed by atoms with Crippen molar-refractivity contribution in [2.75, 3.05) is 20.3 Å². The Morgan fingerprint density at radius 1 is 1.45 bits per heavy atom. The van der Waals surface area contributed by atoms with Gasteiger partial charge in [0.25, 0.3) is 0 Å². The molecule has 0 aliphatic heterocycles. The second-order valence-corrected chi connectivity index (χ2v) is 7.39. The minimum absolute atomic E-state index is 0.227. The Hall–Kier alpha value is -0.140. The molecule has 1 aromatic rings. The Morgan fingerprint density at radius 3 is 2.55 bits per heavy atom. The lowest BCUT2D eigenvalue weighted by Gasteiger charge is -2.27. The van der Waals surface area contributed by atoms with E-state index in [9.17, 15) is 8.42 Å². The van der Waals surface area contributed by atoms with Crippen LogP contribution in [0.15, 0.2) is 27.6 Å². The van der Waals surface area contributed by atoms with Gasteiger partial charge in [0, 0.05) is 30.0 Å². The third-order valence-electron chi connectivity index (χ3n) is 2.95. The molecule has 0 aromatic heterocycles. The van der Waals surface area contributed by atoms with E-state index in [-0.39, 0.29) is 10.9 Å². The van der Waals surface area contributed by atoms with Gasteiger partial charge in [-0.15, -0.1) is 11.6 Å². The van der Waals surface area contributed by atoms with Crippen molar-refractivity contribution in [3.8, 4) is 0 Å². The maximum absolute atomic E-state index is 12.7. The second kappa shape index (κ2) is 7.75. The molecular formula is C13H19BrClNO3S. The summed E-state index contributed by atoms with van der Waals surface area (Å²) in [6.07, 6.45) is 0. The Kier molecular flexibility index (Phi) is 6.94. The lowest BCUT2D eigenvalue weighted by Crippen LogP contribution is -2.40. The molecule has 1 unspecified atom stereocenters. The Labute approximate surface area is 134 Å². The highest BCUT2D eigenvalue weighted by Crippen LogP contribution is 2.27. The maximum atomic E-state index is 12.7. The molecule has 0 aliphatic rings. The van der Waals surface area contributed by atoms with Crippen molar-refractivity contribution in [2.24, 2.45) is 0 Å². The zero-order valence-electron chi connectivity index (χ0n) is 11.8. The van der Waals surface area contributed by atoms with Crippen LogP contribution in [0.3, 0.4) is 0 Å². The molecule has 0 saturated carbocycles. The van der Waals surface area contributed by atoms with E-state index in [1.165, 1.54) is 4.31 Å². The zero-order valence-corrected chi connectivity index (χ0v) is 14.9. The fourth-order valence-electron chi connectivity index (χ4n) is 2.01. The molecule has 0 saturated heterocycles. The number of halogens is 2. The molecule has 0 radical (unpaired) electrons. The van der Waals surface area contributed by atoms with Gasteiger partial charge in [0.2, 0.25) is 10.0 Å². The quantitative estimate of drug-likeness (QED) is 0.678. The number of likely N-dealkylation sites (N-methyl/N-ethyl adjacent to an activating group) is 1. The molecule has 0 N–H and O–H groups in total. The second-order valence-electron chi connectivity index (χ2n) is 4.41. The molecule has 1 atom stereocenters. The monoisotopic (exact) mass is 383 g/mol. The Morgan fingerprint density at radius 2 is 2.10 bits per heavy atom. The summed E-state index contributed by atoms with van der Waals surface area (Å²) in [5.41, 5.74) is 0.866. The van der Waals surface area contributed by atoms with Gasteiger partial charge in [-0.3, -0.25) is 0 Å². The van der Waals surface area contributed by atoms with Crippen LogP contribution in [-0.2, 0) is 20.6 Å². The third kappa shape index (κ3) is 3.95. The average Bonchev–Trinajstić information content (AvgIpc) is 2.38. The molecule has 7 heteroatoms. The van der Waals surface area contributed by atoms with Gasteiger partial charge in [0.15, 0.2) is 0 Å². The van der Waals surface area contributed by atoms with Gasteiger partial charge in [-0.25, -0.2) is 8.42 Å². The van der Waals surface area contributed by atoms with Gasteiger partial charge >= 0.3 is 0 Å². The van der Waals surface area contributed by atoms with Crippen molar-refractivity contribution in [1.82, 2.24) is 4.31 Å². The fraction of sp³-hybridized carbons (Fsp3) is 0.538. The number of benzene rings is 1. The highest BCUT2D eigenvalue weighted by atomic mass is 79.9. The highest BCUT2D eigenvalue weighted by molar-refractivity contribution is 9.10. The number of sulfonamides is 1. The van der Waals surface area contributed by atoms with Crippen LogP contribution in [0.5, 0.6) is 0 Å². The molecule has 0 aliphatic carbocycles. The average molecular weight is 385 g/mol. The zero-order chi connectivity index (χ0) is 15.3. The van der Waals surface area contributed by atoms with E-state index in [0.717, 1.165) is 5.56 Å². The Balaban J connectivity index is 3.20. The summed E-state index contributed by atoms with van der Waals surface area (Å²) in [5, 5.41) is 0. The minimum Gasteiger partial charge on any atom is -0.383 e.